The molecule has 1 saturated heterocycles. The Labute approximate surface area is 114 Å². The Morgan fingerprint density at radius 2 is 1.72 bits per heavy atom. The molecule has 1 rings (SSSR count). The van der Waals surface area contributed by atoms with Crippen LogP contribution in [0.15, 0.2) is 24.6 Å². The summed E-state index contributed by atoms with van der Waals surface area (Å²) in [5, 5.41) is 0.239. The molecule has 0 aromatic heterocycles. The summed E-state index contributed by atoms with van der Waals surface area (Å²) in [6.07, 6.45) is 7.77. The molecule has 0 radical (unpaired) electrons. The standard InChI is InChI=1S/C15H29NOSi/c1-7-11-14(16-12-9-8-10-13-16)17-18(5,6)15(2,3)4/h7,11H,1,8-10,12-13H2,2-6H3/b14-11-. The zero-order chi connectivity index (χ0) is 13.8. The van der Waals surface area contributed by atoms with Gasteiger partial charge in [0.05, 0.1) is 0 Å². The molecule has 0 amide bonds. The molecule has 0 saturated carbocycles. The van der Waals surface area contributed by atoms with Crippen LogP contribution >= 0.6 is 0 Å². The summed E-state index contributed by atoms with van der Waals surface area (Å²) in [5.41, 5.74) is 0. The highest BCUT2D eigenvalue weighted by Crippen LogP contribution is 2.38. The van der Waals surface area contributed by atoms with Gasteiger partial charge in [-0.1, -0.05) is 33.4 Å². The molecule has 2 nitrogen and oxygen atoms in total. The van der Waals surface area contributed by atoms with Gasteiger partial charge in [0, 0.05) is 13.1 Å². The second-order valence-electron chi connectivity index (χ2n) is 6.65. The molecule has 0 spiro atoms. The van der Waals surface area contributed by atoms with Crippen LogP contribution in [0.2, 0.25) is 18.1 Å². The Kier molecular flexibility index (Phi) is 5.08. The lowest BCUT2D eigenvalue weighted by Gasteiger charge is -2.41. The molecular formula is C15H29NOSi. The van der Waals surface area contributed by atoms with Crippen LogP contribution in [0.5, 0.6) is 0 Å². The number of rotatable bonds is 4. The first kappa shape index (κ1) is 15.4. The van der Waals surface area contributed by atoms with E-state index in [9.17, 15) is 0 Å². The lowest BCUT2D eigenvalue weighted by molar-refractivity contribution is 0.178. The molecule has 0 bridgehead atoms. The fraction of sp³-hybridized carbons (Fsp3) is 0.733. The predicted octanol–water partition coefficient (Wildman–Crippen LogP) is 4.52. The normalized spacial score (nSPS) is 18.7. The molecule has 3 heteroatoms. The van der Waals surface area contributed by atoms with E-state index in [1.165, 1.54) is 19.3 Å². The van der Waals surface area contributed by atoms with E-state index >= 15 is 0 Å². The van der Waals surface area contributed by atoms with Gasteiger partial charge in [0.25, 0.3) is 8.32 Å². The van der Waals surface area contributed by atoms with Crippen LogP contribution in [-0.2, 0) is 4.43 Å². The van der Waals surface area contributed by atoms with Gasteiger partial charge in [-0.2, -0.15) is 0 Å². The third kappa shape index (κ3) is 3.90. The fourth-order valence-electron chi connectivity index (χ4n) is 1.83. The van der Waals surface area contributed by atoms with Crippen molar-refractivity contribution < 1.29 is 4.43 Å². The van der Waals surface area contributed by atoms with Crippen molar-refractivity contribution in [3.63, 3.8) is 0 Å². The van der Waals surface area contributed by atoms with Gasteiger partial charge in [-0.05, 0) is 43.5 Å². The number of nitrogens with zero attached hydrogens (tertiary/aromatic N) is 1. The first-order chi connectivity index (χ1) is 8.28. The van der Waals surface area contributed by atoms with Crippen LogP contribution in [0.1, 0.15) is 40.0 Å². The summed E-state index contributed by atoms with van der Waals surface area (Å²) in [5.74, 6) is 1.04. The maximum absolute atomic E-state index is 6.44. The second kappa shape index (κ2) is 5.96. The molecule has 1 aliphatic rings. The Balaban J connectivity index is 2.80. The summed E-state index contributed by atoms with van der Waals surface area (Å²) in [7, 11) is -1.75. The zero-order valence-corrected chi connectivity index (χ0v) is 13.8. The molecule has 0 aromatic rings. The molecule has 1 aliphatic heterocycles. The maximum atomic E-state index is 6.44. The van der Waals surface area contributed by atoms with E-state index in [1.807, 2.05) is 12.2 Å². The second-order valence-corrected chi connectivity index (χ2v) is 11.4. The zero-order valence-electron chi connectivity index (χ0n) is 12.8. The van der Waals surface area contributed by atoms with Gasteiger partial charge in [-0.25, -0.2) is 0 Å². The minimum absolute atomic E-state index is 0.239. The quantitative estimate of drug-likeness (QED) is 0.422. The van der Waals surface area contributed by atoms with Gasteiger partial charge < -0.3 is 9.33 Å². The topological polar surface area (TPSA) is 12.5 Å². The Hall–Kier alpha value is -0.703. The SMILES string of the molecule is C=C/C=C(\O[Si](C)(C)C(C)(C)C)N1CCCCC1. The number of likely N-dealkylation sites (tertiary alicyclic amines) is 1. The molecule has 0 unspecified atom stereocenters. The van der Waals surface area contributed by atoms with E-state index < -0.39 is 8.32 Å². The fourth-order valence-corrected chi connectivity index (χ4v) is 2.86. The van der Waals surface area contributed by atoms with Crippen molar-refractivity contribution in [2.75, 3.05) is 13.1 Å². The smallest absolute Gasteiger partial charge is 0.252 e. The van der Waals surface area contributed by atoms with Gasteiger partial charge in [0.1, 0.15) is 0 Å². The van der Waals surface area contributed by atoms with E-state index in [4.69, 9.17) is 4.43 Å². The molecule has 1 heterocycles. The third-order valence-corrected chi connectivity index (χ3v) is 8.43. The first-order valence-electron chi connectivity index (χ1n) is 7.04. The molecular weight excluding hydrogens is 238 g/mol. The number of hydrogen-bond acceptors (Lipinski definition) is 2. The van der Waals surface area contributed by atoms with E-state index in [0.717, 1.165) is 19.0 Å². The highest BCUT2D eigenvalue weighted by molar-refractivity contribution is 6.74. The van der Waals surface area contributed by atoms with Gasteiger partial charge in [-0.3, -0.25) is 0 Å². The molecule has 104 valence electrons. The Morgan fingerprint density at radius 3 is 2.17 bits per heavy atom. The van der Waals surface area contributed by atoms with Gasteiger partial charge in [-0.15, -0.1) is 0 Å². The lowest BCUT2D eigenvalue weighted by atomic mass is 10.1. The molecule has 1 fully saturated rings. The summed E-state index contributed by atoms with van der Waals surface area (Å²) < 4.78 is 6.44. The predicted molar refractivity (Wildman–Crippen MR) is 82.0 cm³/mol. The molecule has 0 aliphatic carbocycles. The highest BCUT2D eigenvalue weighted by atomic mass is 28.4. The van der Waals surface area contributed by atoms with Crippen LogP contribution in [0.25, 0.3) is 0 Å². The number of piperidine rings is 1. The van der Waals surface area contributed by atoms with Crippen molar-refractivity contribution in [2.24, 2.45) is 0 Å². The number of allylic oxidation sites excluding steroid dienone is 2. The van der Waals surface area contributed by atoms with Crippen LogP contribution in [0.4, 0.5) is 0 Å². The molecule has 0 aromatic carbocycles. The van der Waals surface area contributed by atoms with Gasteiger partial charge in [0.2, 0.25) is 0 Å². The monoisotopic (exact) mass is 267 g/mol. The van der Waals surface area contributed by atoms with E-state index in [0.29, 0.717) is 0 Å². The minimum atomic E-state index is -1.75. The van der Waals surface area contributed by atoms with Crippen LogP contribution in [-0.4, -0.2) is 26.3 Å². The lowest BCUT2D eigenvalue weighted by Crippen LogP contribution is -2.44. The van der Waals surface area contributed by atoms with Crippen molar-refractivity contribution in [2.45, 2.75) is 58.2 Å². The number of hydrogen-bond donors (Lipinski definition) is 0. The van der Waals surface area contributed by atoms with Crippen molar-refractivity contribution in [1.82, 2.24) is 4.90 Å². The summed E-state index contributed by atoms with van der Waals surface area (Å²) in [6.45, 7) is 17.5. The summed E-state index contributed by atoms with van der Waals surface area (Å²) in [6, 6.07) is 0. The van der Waals surface area contributed by atoms with E-state index in [-0.39, 0.29) is 5.04 Å². The van der Waals surface area contributed by atoms with Crippen molar-refractivity contribution >= 4 is 8.32 Å². The van der Waals surface area contributed by atoms with Crippen LogP contribution in [0.3, 0.4) is 0 Å². The van der Waals surface area contributed by atoms with E-state index in [1.54, 1.807) is 0 Å². The van der Waals surface area contributed by atoms with Gasteiger partial charge >= 0.3 is 0 Å². The third-order valence-electron chi connectivity index (χ3n) is 4.09. The van der Waals surface area contributed by atoms with Crippen LogP contribution in [0, 0.1) is 0 Å². The average Bonchev–Trinajstić information content (AvgIpc) is 2.28. The van der Waals surface area contributed by atoms with Crippen molar-refractivity contribution in [3.05, 3.63) is 24.6 Å². The summed E-state index contributed by atoms with van der Waals surface area (Å²) in [4.78, 5) is 2.38. The average molecular weight is 267 g/mol. The maximum Gasteiger partial charge on any atom is 0.252 e. The van der Waals surface area contributed by atoms with Gasteiger partial charge in [0.15, 0.2) is 5.88 Å². The molecule has 18 heavy (non-hydrogen) atoms. The van der Waals surface area contributed by atoms with Crippen molar-refractivity contribution in [3.8, 4) is 0 Å². The van der Waals surface area contributed by atoms with E-state index in [2.05, 4.69) is 45.3 Å². The Bertz CT molecular complexity index is 309. The minimum Gasteiger partial charge on any atom is -0.532 e. The summed E-state index contributed by atoms with van der Waals surface area (Å²) >= 11 is 0. The van der Waals surface area contributed by atoms with Crippen LogP contribution < -0.4 is 0 Å². The van der Waals surface area contributed by atoms with Crippen molar-refractivity contribution in [1.29, 1.82) is 0 Å². The highest BCUT2D eigenvalue weighted by Gasteiger charge is 2.40. The molecule has 0 N–H and O–H groups in total. The first-order valence-corrected chi connectivity index (χ1v) is 9.95. The largest absolute Gasteiger partial charge is 0.532 e. The Morgan fingerprint density at radius 1 is 1.17 bits per heavy atom. The molecule has 0 atom stereocenters.